The maximum Gasteiger partial charge on any atom is 0.242 e. The lowest BCUT2D eigenvalue weighted by Crippen LogP contribution is -2.37. The highest BCUT2D eigenvalue weighted by Gasteiger charge is 2.14. The number of hydrogen-bond donors (Lipinski definition) is 2. The Bertz CT molecular complexity index is 587. The van der Waals surface area contributed by atoms with E-state index in [-0.39, 0.29) is 11.6 Å². The number of carbonyl (C=O) groups excluding carboxylic acids is 1. The van der Waals surface area contributed by atoms with Gasteiger partial charge in [-0.25, -0.2) is 4.39 Å². The number of carbonyl (C=O) groups is 1. The molecule has 1 aromatic carbocycles. The zero-order valence-electron chi connectivity index (χ0n) is 10.8. The van der Waals surface area contributed by atoms with Gasteiger partial charge in [-0.3, -0.25) is 4.79 Å². The molecule has 2 rings (SSSR count). The number of benzene rings is 1. The van der Waals surface area contributed by atoms with Crippen LogP contribution in [0, 0.1) is 5.82 Å². The first-order valence-electron chi connectivity index (χ1n) is 6.08. The molecule has 0 aliphatic carbocycles. The molecule has 0 fully saturated rings. The molecular formula is C14H14BrFN2O2. The fourth-order valence-electron chi connectivity index (χ4n) is 1.65. The molecule has 1 atom stereocenters. The quantitative estimate of drug-likeness (QED) is 0.877. The van der Waals surface area contributed by atoms with Crippen molar-refractivity contribution < 1.29 is 13.6 Å². The molecule has 2 N–H and O–H groups in total. The van der Waals surface area contributed by atoms with Crippen molar-refractivity contribution in [3.63, 3.8) is 0 Å². The predicted molar refractivity (Wildman–Crippen MR) is 77.7 cm³/mol. The number of halogens is 2. The van der Waals surface area contributed by atoms with Crippen molar-refractivity contribution in [1.82, 2.24) is 5.32 Å². The first-order chi connectivity index (χ1) is 9.56. The summed E-state index contributed by atoms with van der Waals surface area (Å²) < 4.78 is 19.4. The summed E-state index contributed by atoms with van der Waals surface area (Å²) in [5.74, 6) is 0.0224. The normalized spacial score (nSPS) is 11.9. The topological polar surface area (TPSA) is 54.3 Å². The van der Waals surface area contributed by atoms with E-state index < -0.39 is 11.9 Å². The zero-order chi connectivity index (χ0) is 14.5. The van der Waals surface area contributed by atoms with E-state index in [9.17, 15) is 9.18 Å². The number of amides is 1. The van der Waals surface area contributed by atoms with E-state index in [4.69, 9.17) is 4.42 Å². The van der Waals surface area contributed by atoms with Crippen LogP contribution >= 0.6 is 15.9 Å². The molecule has 0 bridgehead atoms. The van der Waals surface area contributed by atoms with Gasteiger partial charge in [0.05, 0.1) is 18.5 Å². The SMILES string of the molecule is CC(Nc1ccc(Br)cc1F)C(=O)NCc1ccco1. The van der Waals surface area contributed by atoms with E-state index in [0.717, 1.165) is 0 Å². The van der Waals surface area contributed by atoms with E-state index >= 15 is 0 Å². The molecule has 6 heteroatoms. The Hall–Kier alpha value is -1.82. The van der Waals surface area contributed by atoms with Crippen molar-refractivity contribution in [3.8, 4) is 0 Å². The molecule has 20 heavy (non-hydrogen) atoms. The summed E-state index contributed by atoms with van der Waals surface area (Å²) >= 11 is 3.18. The van der Waals surface area contributed by atoms with E-state index in [1.807, 2.05) is 0 Å². The van der Waals surface area contributed by atoms with Gasteiger partial charge < -0.3 is 15.1 Å². The van der Waals surface area contributed by atoms with Gasteiger partial charge in [0, 0.05) is 4.47 Å². The van der Waals surface area contributed by atoms with Crippen molar-refractivity contribution in [3.05, 3.63) is 52.6 Å². The lowest BCUT2D eigenvalue weighted by molar-refractivity contribution is -0.121. The molecule has 0 saturated heterocycles. The van der Waals surface area contributed by atoms with Crippen molar-refractivity contribution in [2.24, 2.45) is 0 Å². The molecule has 1 amide bonds. The van der Waals surface area contributed by atoms with Crippen LogP contribution < -0.4 is 10.6 Å². The van der Waals surface area contributed by atoms with Gasteiger partial charge in [0.15, 0.2) is 0 Å². The van der Waals surface area contributed by atoms with Crippen LogP contribution in [0.1, 0.15) is 12.7 Å². The summed E-state index contributed by atoms with van der Waals surface area (Å²) in [6, 6.07) is 7.60. The van der Waals surface area contributed by atoms with E-state index in [0.29, 0.717) is 16.8 Å². The molecule has 0 aliphatic rings. The Labute approximate surface area is 124 Å². The average molecular weight is 341 g/mol. The standard InChI is InChI=1S/C14H14BrFN2O2/c1-9(14(19)17-8-11-3-2-6-20-11)18-13-5-4-10(15)7-12(13)16/h2-7,9,18H,8H2,1H3,(H,17,19). The summed E-state index contributed by atoms with van der Waals surface area (Å²) in [7, 11) is 0. The van der Waals surface area contributed by atoms with Crippen LogP contribution in [0.3, 0.4) is 0 Å². The second-order valence-electron chi connectivity index (χ2n) is 4.29. The van der Waals surface area contributed by atoms with Crippen molar-refractivity contribution in [1.29, 1.82) is 0 Å². The van der Waals surface area contributed by atoms with Crippen LogP contribution in [0.2, 0.25) is 0 Å². The molecule has 0 radical (unpaired) electrons. The van der Waals surface area contributed by atoms with E-state index in [2.05, 4.69) is 26.6 Å². The van der Waals surface area contributed by atoms with Gasteiger partial charge in [0.2, 0.25) is 5.91 Å². The van der Waals surface area contributed by atoms with E-state index in [1.165, 1.54) is 6.07 Å². The number of hydrogen-bond acceptors (Lipinski definition) is 3. The summed E-state index contributed by atoms with van der Waals surface area (Å²) in [4.78, 5) is 11.9. The van der Waals surface area contributed by atoms with Gasteiger partial charge in [0.25, 0.3) is 0 Å². The molecule has 0 aliphatic heterocycles. The van der Waals surface area contributed by atoms with Crippen LogP contribution in [0.5, 0.6) is 0 Å². The smallest absolute Gasteiger partial charge is 0.242 e. The molecule has 4 nitrogen and oxygen atoms in total. The molecule has 1 unspecified atom stereocenters. The third-order valence-electron chi connectivity index (χ3n) is 2.71. The Kier molecular flexibility index (Phi) is 4.79. The number of nitrogens with one attached hydrogen (secondary N) is 2. The summed E-state index contributed by atoms with van der Waals surface area (Å²) in [6.07, 6.45) is 1.54. The first kappa shape index (κ1) is 14.6. The molecule has 1 heterocycles. The molecule has 1 aromatic heterocycles. The minimum Gasteiger partial charge on any atom is -0.467 e. The fourth-order valence-corrected chi connectivity index (χ4v) is 1.98. The largest absolute Gasteiger partial charge is 0.467 e. The van der Waals surface area contributed by atoms with Gasteiger partial charge in [0.1, 0.15) is 17.6 Å². The van der Waals surface area contributed by atoms with Crippen LogP contribution in [0.15, 0.2) is 45.5 Å². The lowest BCUT2D eigenvalue weighted by atomic mass is 10.2. The van der Waals surface area contributed by atoms with Crippen molar-refractivity contribution >= 4 is 27.5 Å². The van der Waals surface area contributed by atoms with Gasteiger partial charge in [-0.1, -0.05) is 15.9 Å². The maximum atomic E-state index is 13.6. The fraction of sp³-hybridized carbons (Fsp3) is 0.214. The Morgan fingerprint density at radius 1 is 1.45 bits per heavy atom. The molecule has 106 valence electrons. The lowest BCUT2D eigenvalue weighted by Gasteiger charge is -2.15. The van der Waals surface area contributed by atoms with Crippen LogP contribution in [-0.4, -0.2) is 11.9 Å². The van der Waals surface area contributed by atoms with E-state index in [1.54, 1.807) is 37.5 Å². The van der Waals surface area contributed by atoms with Gasteiger partial charge in [-0.05, 0) is 37.3 Å². The van der Waals surface area contributed by atoms with Crippen LogP contribution in [0.4, 0.5) is 10.1 Å². The summed E-state index contributed by atoms with van der Waals surface area (Å²) in [6.45, 7) is 1.97. The second-order valence-corrected chi connectivity index (χ2v) is 5.20. The predicted octanol–water partition coefficient (Wildman–Crippen LogP) is 3.30. The Morgan fingerprint density at radius 2 is 2.25 bits per heavy atom. The monoisotopic (exact) mass is 340 g/mol. The zero-order valence-corrected chi connectivity index (χ0v) is 12.4. The average Bonchev–Trinajstić information content (AvgIpc) is 2.92. The Balaban J connectivity index is 1.90. The van der Waals surface area contributed by atoms with Gasteiger partial charge in [-0.2, -0.15) is 0 Å². The van der Waals surface area contributed by atoms with Crippen molar-refractivity contribution in [2.45, 2.75) is 19.5 Å². The minimum absolute atomic E-state index is 0.233. The Morgan fingerprint density at radius 3 is 2.90 bits per heavy atom. The van der Waals surface area contributed by atoms with Gasteiger partial charge >= 0.3 is 0 Å². The second kappa shape index (κ2) is 6.56. The highest BCUT2D eigenvalue weighted by atomic mass is 79.9. The molecular weight excluding hydrogens is 327 g/mol. The summed E-state index contributed by atoms with van der Waals surface area (Å²) in [5.41, 5.74) is 0.286. The van der Waals surface area contributed by atoms with Crippen LogP contribution in [-0.2, 0) is 11.3 Å². The highest BCUT2D eigenvalue weighted by Crippen LogP contribution is 2.19. The third-order valence-corrected chi connectivity index (χ3v) is 3.21. The van der Waals surface area contributed by atoms with Gasteiger partial charge in [-0.15, -0.1) is 0 Å². The van der Waals surface area contributed by atoms with Crippen molar-refractivity contribution in [2.75, 3.05) is 5.32 Å². The first-order valence-corrected chi connectivity index (χ1v) is 6.87. The number of anilines is 1. The maximum absolute atomic E-state index is 13.6. The number of rotatable bonds is 5. The number of furan rings is 1. The summed E-state index contributed by atoms with van der Waals surface area (Å²) in [5, 5.41) is 5.54. The third kappa shape index (κ3) is 3.84. The highest BCUT2D eigenvalue weighted by molar-refractivity contribution is 9.10. The molecule has 0 saturated carbocycles. The molecule has 0 spiro atoms. The molecule has 2 aromatic rings. The van der Waals surface area contributed by atoms with Crippen LogP contribution in [0.25, 0.3) is 0 Å². The minimum atomic E-state index is -0.555.